The number of aliphatic carboxylic acids is 1. The largest absolute Gasteiger partial charge is 0.480 e. The Balaban J connectivity index is 2.02. The third-order valence-electron chi connectivity index (χ3n) is 4.21. The molecule has 0 aromatic heterocycles. The Morgan fingerprint density at radius 3 is 2.52 bits per heavy atom. The molecule has 0 spiro atoms. The van der Waals surface area contributed by atoms with Crippen LogP contribution in [0.5, 0.6) is 0 Å². The smallest absolute Gasteiger partial charge is 0.329 e. The van der Waals surface area contributed by atoms with Crippen molar-refractivity contribution in [2.75, 3.05) is 26.3 Å². The lowest BCUT2D eigenvalue weighted by Gasteiger charge is -2.38. The van der Waals surface area contributed by atoms with Crippen molar-refractivity contribution in [3.63, 3.8) is 0 Å². The highest BCUT2D eigenvalue weighted by molar-refractivity contribution is 5.87. The zero-order valence-electron chi connectivity index (χ0n) is 11.8. The first-order valence-corrected chi connectivity index (χ1v) is 7.12. The van der Waals surface area contributed by atoms with Gasteiger partial charge < -0.3 is 25.8 Å². The summed E-state index contributed by atoms with van der Waals surface area (Å²) in [4.78, 5) is 36.5. The molecule has 2 saturated heterocycles. The summed E-state index contributed by atoms with van der Waals surface area (Å²) in [6, 6.07) is -0.453. The van der Waals surface area contributed by atoms with Crippen LogP contribution in [-0.2, 0) is 14.3 Å². The third-order valence-corrected chi connectivity index (χ3v) is 4.21. The lowest BCUT2D eigenvalue weighted by atomic mass is 9.90. The van der Waals surface area contributed by atoms with E-state index in [2.05, 4.69) is 5.32 Å². The highest BCUT2D eigenvalue weighted by Crippen LogP contribution is 2.23. The minimum Gasteiger partial charge on any atom is -0.480 e. The van der Waals surface area contributed by atoms with Gasteiger partial charge in [0.2, 0.25) is 5.91 Å². The molecule has 0 radical (unpaired) electrons. The van der Waals surface area contributed by atoms with Crippen molar-refractivity contribution in [3.8, 4) is 0 Å². The number of likely N-dealkylation sites (tertiary alicyclic amines) is 1. The first kappa shape index (κ1) is 15.6. The summed E-state index contributed by atoms with van der Waals surface area (Å²) in [7, 11) is 0. The Hall–Kier alpha value is -1.83. The Kier molecular flexibility index (Phi) is 4.66. The van der Waals surface area contributed by atoms with Crippen LogP contribution in [-0.4, -0.2) is 59.8 Å². The zero-order chi connectivity index (χ0) is 15.5. The third kappa shape index (κ3) is 3.44. The summed E-state index contributed by atoms with van der Waals surface area (Å²) >= 11 is 0. The second-order valence-corrected chi connectivity index (χ2v) is 5.62. The Bertz CT molecular complexity index is 434. The molecule has 118 valence electrons. The second kappa shape index (κ2) is 6.30. The van der Waals surface area contributed by atoms with E-state index < -0.39 is 23.4 Å². The standard InChI is InChI=1S/C13H21N3O5/c14-10(17)9-2-1-5-16(8-9)12(20)15-13(11(18)19)3-6-21-7-4-13/h9H,1-8H2,(H2,14,17)(H,15,20)(H,18,19). The summed E-state index contributed by atoms with van der Waals surface area (Å²) in [5.41, 5.74) is 4.00. The van der Waals surface area contributed by atoms with E-state index in [9.17, 15) is 19.5 Å². The van der Waals surface area contributed by atoms with Gasteiger partial charge in [0.25, 0.3) is 0 Å². The maximum atomic E-state index is 12.3. The van der Waals surface area contributed by atoms with E-state index >= 15 is 0 Å². The number of carbonyl (C=O) groups excluding carboxylic acids is 2. The highest BCUT2D eigenvalue weighted by atomic mass is 16.5. The molecular formula is C13H21N3O5. The molecular weight excluding hydrogens is 278 g/mol. The molecule has 1 atom stereocenters. The fraction of sp³-hybridized carbons (Fsp3) is 0.769. The van der Waals surface area contributed by atoms with E-state index in [0.717, 1.165) is 0 Å². The van der Waals surface area contributed by atoms with Crippen LogP contribution in [0.3, 0.4) is 0 Å². The van der Waals surface area contributed by atoms with Crippen LogP contribution in [0.2, 0.25) is 0 Å². The molecule has 2 aliphatic heterocycles. The number of piperidine rings is 1. The summed E-state index contributed by atoms with van der Waals surface area (Å²) in [6.45, 7) is 1.35. The lowest BCUT2D eigenvalue weighted by molar-refractivity contribution is -0.148. The minimum absolute atomic E-state index is 0.237. The fourth-order valence-electron chi connectivity index (χ4n) is 2.79. The molecule has 0 aromatic rings. The molecule has 0 aliphatic carbocycles. The van der Waals surface area contributed by atoms with E-state index in [1.807, 2.05) is 0 Å². The number of ether oxygens (including phenoxy) is 1. The van der Waals surface area contributed by atoms with Gasteiger partial charge in [0.05, 0.1) is 5.92 Å². The van der Waals surface area contributed by atoms with E-state index in [4.69, 9.17) is 10.5 Å². The van der Waals surface area contributed by atoms with Crippen molar-refractivity contribution in [1.82, 2.24) is 10.2 Å². The van der Waals surface area contributed by atoms with Crippen LogP contribution < -0.4 is 11.1 Å². The molecule has 21 heavy (non-hydrogen) atoms. The first-order valence-electron chi connectivity index (χ1n) is 7.12. The highest BCUT2D eigenvalue weighted by Gasteiger charge is 2.43. The molecule has 3 amide bonds. The molecule has 0 aromatic carbocycles. The van der Waals surface area contributed by atoms with Crippen LogP contribution >= 0.6 is 0 Å². The van der Waals surface area contributed by atoms with E-state index in [0.29, 0.717) is 32.6 Å². The van der Waals surface area contributed by atoms with Crippen molar-refractivity contribution in [1.29, 1.82) is 0 Å². The Morgan fingerprint density at radius 1 is 1.29 bits per heavy atom. The van der Waals surface area contributed by atoms with Gasteiger partial charge in [-0.1, -0.05) is 0 Å². The topological polar surface area (TPSA) is 122 Å². The van der Waals surface area contributed by atoms with E-state index in [-0.39, 0.29) is 25.3 Å². The number of rotatable bonds is 3. The summed E-state index contributed by atoms with van der Waals surface area (Å²) in [5, 5.41) is 12.0. The molecule has 2 aliphatic rings. The maximum Gasteiger partial charge on any atom is 0.329 e. The van der Waals surface area contributed by atoms with Gasteiger partial charge in [-0.15, -0.1) is 0 Å². The average molecular weight is 299 g/mol. The predicted octanol–water partition coefficient (Wildman–Crippen LogP) is -0.473. The second-order valence-electron chi connectivity index (χ2n) is 5.62. The molecule has 0 saturated carbocycles. The number of hydrogen-bond donors (Lipinski definition) is 3. The number of carboxylic acids is 1. The zero-order valence-corrected chi connectivity index (χ0v) is 11.8. The first-order chi connectivity index (χ1) is 9.94. The van der Waals surface area contributed by atoms with Crippen LogP contribution in [0.15, 0.2) is 0 Å². The molecule has 0 bridgehead atoms. The number of urea groups is 1. The van der Waals surface area contributed by atoms with Gasteiger partial charge in [-0.05, 0) is 12.8 Å². The molecule has 8 heteroatoms. The Labute approximate surface area is 122 Å². The van der Waals surface area contributed by atoms with Gasteiger partial charge in [0, 0.05) is 39.1 Å². The molecule has 1 unspecified atom stereocenters. The average Bonchev–Trinajstić information content (AvgIpc) is 2.48. The number of nitrogens with one attached hydrogen (secondary N) is 1. The quantitative estimate of drug-likeness (QED) is 0.650. The monoisotopic (exact) mass is 299 g/mol. The summed E-state index contributed by atoms with van der Waals surface area (Å²) in [6.07, 6.45) is 1.82. The number of carboxylic acid groups (broad SMARTS) is 1. The Morgan fingerprint density at radius 2 is 1.95 bits per heavy atom. The van der Waals surface area contributed by atoms with Gasteiger partial charge in [-0.3, -0.25) is 4.79 Å². The van der Waals surface area contributed by atoms with Gasteiger partial charge in [-0.2, -0.15) is 0 Å². The predicted molar refractivity (Wildman–Crippen MR) is 72.4 cm³/mol. The van der Waals surface area contributed by atoms with Crippen LogP contribution in [0.4, 0.5) is 4.79 Å². The SMILES string of the molecule is NC(=O)C1CCCN(C(=O)NC2(C(=O)O)CCOCC2)C1. The summed E-state index contributed by atoms with van der Waals surface area (Å²) < 4.78 is 5.16. The number of amides is 3. The van der Waals surface area contributed by atoms with Gasteiger partial charge in [0.15, 0.2) is 0 Å². The maximum absolute atomic E-state index is 12.3. The number of primary amides is 1. The van der Waals surface area contributed by atoms with Gasteiger partial charge in [-0.25, -0.2) is 9.59 Å². The van der Waals surface area contributed by atoms with Crippen LogP contribution in [0.1, 0.15) is 25.7 Å². The lowest BCUT2D eigenvalue weighted by Crippen LogP contribution is -2.61. The van der Waals surface area contributed by atoms with Crippen molar-refractivity contribution < 1.29 is 24.2 Å². The van der Waals surface area contributed by atoms with E-state index in [1.54, 1.807) is 0 Å². The number of nitrogens with zero attached hydrogens (tertiary/aromatic N) is 1. The van der Waals surface area contributed by atoms with Crippen molar-refractivity contribution in [2.45, 2.75) is 31.2 Å². The minimum atomic E-state index is -1.28. The van der Waals surface area contributed by atoms with Gasteiger partial charge in [0.1, 0.15) is 5.54 Å². The normalized spacial score (nSPS) is 25.1. The summed E-state index contributed by atoms with van der Waals surface area (Å²) in [5.74, 6) is -1.84. The van der Waals surface area contributed by atoms with Crippen molar-refractivity contribution in [2.24, 2.45) is 11.7 Å². The number of carbonyl (C=O) groups is 3. The van der Waals surface area contributed by atoms with Crippen molar-refractivity contribution in [3.05, 3.63) is 0 Å². The molecule has 2 rings (SSSR count). The number of nitrogens with two attached hydrogens (primary N) is 1. The van der Waals surface area contributed by atoms with Crippen molar-refractivity contribution >= 4 is 17.9 Å². The fourth-order valence-corrected chi connectivity index (χ4v) is 2.79. The molecule has 2 heterocycles. The van der Waals surface area contributed by atoms with Crippen LogP contribution in [0.25, 0.3) is 0 Å². The van der Waals surface area contributed by atoms with Gasteiger partial charge >= 0.3 is 12.0 Å². The molecule has 4 N–H and O–H groups in total. The van der Waals surface area contributed by atoms with E-state index in [1.165, 1.54) is 4.90 Å². The number of hydrogen-bond acceptors (Lipinski definition) is 4. The molecule has 2 fully saturated rings. The van der Waals surface area contributed by atoms with Crippen LogP contribution in [0, 0.1) is 5.92 Å². The molecule has 8 nitrogen and oxygen atoms in total.